The first kappa shape index (κ1) is 26.7. The van der Waals surface area contributed by atoms with Crippen LogP contribution in [0.5, 0.6) is 5.75 Å². The molecule has 1 amide bonds. The van der Waals surface area contributed by atoms with Crippen LogP contribution in [0.1, 0.15) is 68.5 Å². The van der Waals surface area contributed by atoms with Gasteiger partial charge in [-0.25, -0.2) is 4.39 Å². The van der Waals surface area contributed by atoms with E-state index >= 15 is 0 Å². The number of fused-ring (bicyclic) bond motifs is 1. The van der Waals surface area contributed by atoms with E-state index in [4.69, 9.17) is 9.26 Å². The van der Waals surface area contributed by atoms with Crippen LogP contribution in [0.15, 0.2) is 22.7 Å². The minimum atomic E-state index is -0.397. The number of hydrogen-bond donors (Lipinski definition) is 1. The van der Waals surface area contributed by atoms with Gasteiger partial charge >= 0.3 is 11.8 Å². The summed E-state index contributed by atoms with van der Waals surface area (Å²) in [7, 11) is 0. The van der Waals surface area contributed by atoms with E-state index in [1.165, 1.54) is 12.5 Å². The van der Waals surface area contributed by atoms with Crippen molar-refractivity contribution in [2.75, 3.05) is 31.1 Å². The monoisotopic (exact) mass is 552 g/mol. The normalized spacial score (nSPS) is 21.1. The number of H-pyrrole nitrogens is 1. The number of aryl methyl sites for hydroxylation is 1. The molecule has 2 aromatic heterocycles. The van der Waals surface area contributed by atoms with Gasteiger partial charge in [-0.2, -0.15) is 14.8 Å². The van der Waals surface area contributed by atoms with Gasteiger partial charge in [-0.1, -0.05) is 25.1 Å². The highest BCUT2D eigenvalue weighted by atomic mass is 19.1. The Morgan fingerprint density at radius 3 is 2.83 bits per heavy atom. The third-order valence-corrected chi connectivity index (χ3v) is 8.65. The van der Waals surface area contributed by atoms with Gasteiger partial charge in [-0.3, -0.25) is 4.79 Å². The molecule has 2 aliphatic heterocycles. The Bertz CT molecular complexity index is 1350. The lowest BCUT2D eigenvalue weighted by Crippen LogP contribution is -2.53. The molecule has 1 aromatic carbocycles. The molecular weight excluding hydrogens is 513 g/mol. The molecule has 10 nitrogen and oxygen atoms in total. The molecule has 1 aliphatic carbocycles. The number of carbonyl (C=O) groups is 1. The number of aromatic nitrogens is 5. The summed E-state index contributed by atoms with van der Waals surface area (Å²) < 4.78 is 28.2. The zero-order valence-electron chi connectivity index (χ0n) is 23.6. The number of nitrogens with zero attached hydrogens (tertiary/aromatic N) is 6. The molecule has 4 heterocycles. The van der Waals surface area contributed by atoms with Crippen molar-refractivity contribution in [1.82, 2.24) is 25.1 Å². The highest BCUT2D eigenvalue weighted by Crippen LogP contribution is 2.50. The zero-order chi connectivity index (χ0) is 27.8. The van der Waals surface area contributed by atoms with E-state index in [0.717, 1.165) is 61.7 Å². The predicted molar refractivity (Wildman–Crippen MR) is 144 cm³/mol. The van der Waals surface area contributed by atoms with Gasteiger partial charge in [0.15, 0.2) is 5.82 Å². The minimum Gasteiger partial charge on any atom is -0.493 e. The molecule has 3 aliphatic rings. The molecule has 1 saturated carbocycles. The maximum Gasteiger partial charge on any atom is 0.338 e. The number of carbonyl (C=O) groups excluding carboxylic acids is 1. The lowest BCUT2D eigenvalue weighted by atomic mass is 9.90. The molecule has 3 aromatic rings. The van der Waals surface area contributed by atoms with Gasteiger partial charge in [-0.15, -0.1) is 0 Å². The molecule has 0 unspecified atom stereocenters. The summed E-state index contributed by atoms with van der Waals surface area (Å²) in [5.74, 6) is 4.87. The maximum atomic E-state index is 14.8. The quantitative estimate of drug-likeness (QED) is 0.405. The number of rotatable bonds is 9. The molecule has 1 saturated heterocycles. The largest absolute Gasteiger partial charge is 0.493 e. The van der Waals surface area contributed by atoms with Crippen molar-refractivity contribution >= 4 is 11.9 Å². The van der Waals surface area contributed by atoms with Crippen molar-refractivity contribution in [1.29, 1.82) is 0 Å². The van der Waals surface area contributed by atoms with E-state index in [1.807, 2.05) is 11.6 Å². The van der Waals surface area contributed by atoms with Crippen molar-refractivity contribution in [3.8, 4) is 5.75 Å². The fourth-order valence-corrected chi connectivity index (χ4v) is 6.18. The summed E-state index contributed by atoms with van der Waals surface area (Å²) in [5.41, 5.74) is 0.392. The van der Waals surface area contributed by atoms with Crippen molar-refractivity contribution in [3.05, 3.63) is 47.1 Å². The molecule has 2 fully saturated rings. The van der Waals surface area contributed by atoms with Crippen LogP contribution >= 0.6 is 0 Å². The van der Waals surface area contributed by atoms with Gasteiger partial charge < -0.3 is 19.1 Å². The van der Waals surface area contributed by atoms with E-state index in [0.29, 0.717) is 49.5 Å². The first-order chi connectivity index (χ1) is 19.3. The van der Waals surface area contributed by atoms with Crippen LogP contribution in [0.3, 0.4) is 0 Å². The number of benzene rings is 1. The summed E-state index contributed by atoms with van der Waals surface area (Å²) in [4.78, 5) is 25.7. The van der Waals surface area contributed by atoms with Crippen LogP contribution in [-0.2, 0) is 24.3 Å². The van der Waals surface area contributed by atoms with Crippen molar-refractivity contribution in [3.63, 3.8) is 0 Å². The Kier molecular flexibility index (Phi) is 7.46. The number of halogens is 1. The highest BCUT2D eigenvalue weighted by Gasteiger charge is 2.43. The fourth-order valence-electron chi connectivity index (χ4n) is 6.18. The number of nitrogens with one attached hydrogen (secondary N) is 1. The second-order valence-electron chi connectivity index (χ2n) is 11.8. The molecule has 11 heteroatoms. The van der Waals surface area contributed by atoms with Crippen molar-refractivity contribution in [2.24, 2.45) is 17.8 Å². The van der Waals surface area contributed by atoms with Crippen molar-refractivity contribution in [2.45, 2.75) is 71.9 Å². The molecule has 0 spiro atoms. The van der Waals surface area contributed by atoms with Crippen LogP contribution in [-0.4, -0.2) is 57.3 Å². The third kappa shape index (κ3) is 5.83. The first-order valence-electron chi connectivity index (χ1n) is 14.6. The Morgan fingerprint density at radius 1 is 1.25 bits per heavy atom. The van der Waals surface area contributed by atoms with E-state index < -0.39 is 5.82 Å². The van der Waals surface area contributed by atoms with Crippen LogP contribution in [0.2, 0.25) is 0 Å². The number of aromatic amines is 1. The van der Waals surface area contributed by atoms with Crippen LogP contribution < -0.4 is 14.3 Å². The lowest BCUT2D eigenvalue weighted by Gasteiger charge is -2.30. The van der Waals surface area contributed by atoms with Crippen LogP contribution in [0.4, 0.5) is 10.4 Å². The smallest absolute Gasteiger partial charge is 0.338 e. The second-order valence-corrected chi connectivity index (χ2v) is 11.8. The average molecular weight is 553 g/mol. The van der Waals surface area contributed by atoms with E-state index in [1.54, 1.807) is 17.0 Å². The summed E-state index contributed by atoms with van der Waals surface area (Å²) >= 11 is 0. The van der Waals surface area contributed by atoms with Gasteiger partial charge in [0.1, 0.15) is 24.7 Å². The maximum absolute atomic E-state index is 14.8. The molecule has 0 radical (unpaired) electrons. The van der Waals surface area contributed by atoms with Crippen LogP contribution in [0, 0.1) is 30.5 Å². The zero-order valence-corrected chi connectivity index (χ0v) is 23.6. The van der Waals surface area contributed by atoms with Crippen molar-refractivity contribution < 1.29 is 23.1 Å². The Labute approximate surface area is 233 Å². The fraction of sp³-hybridized carbons (Fsp3) is 0.621. The summed E-state index contributed by atoms with van der Waals surface area (Å²) in [6.45, 7) is 10.2. The molecule has 40 heavy (non-hydrogen) atoms. The summed E-state index contributed by atoms with van der Waals surface area (Å²) in [6.07, 6.45) is 4.55. The van der Waals surface area contributed by atoms with E-state index in [9.17, 15) is 9.18 Å². The number of ether oxygens (including phenoxy) is 1. The summed E-state index contributed by atoms with van der Waals surface area (Å²) in [5, 5.41) is 7.25. The van der Waals surface area contributed by atoms with E-state index in [2.05, 4.69) is 39.0 Å². The molecule has 1 N–H and O–H groups in total. The molecular formula is C29H39FN7O3+. The van der Waals surface area contributed by atoms with Crippen LogP contribution in [0.25, 0.3) is 0 Å². The number of amides is 1. The van der Waals surface area contributed by atoms with Gasteiger partial charge in [0, 0.05) is 32.0 Å². The Balaban J connectivity index is 0.918. The SMILES string of the molecule is Cc1nc2[n+]([nH]1)CCN(C(=O)Cc1ccc(OCC[C@@H]3C[C@@H]3C3CCN(c4nc(C(C)C)no4)CC3)cc1F)C2. The van der Waals surface area contributed by atoms with Gasteiger partial charge in [0.05, 0.1) is 19.6 Å². The molecule has 2 atom stereocenters. The first-order valence-corrected chi connectivity index (χ1v) is 14.6. The number of piperidine rings is 1. The molecule has 6 rings (SSSR count). The average Bonchev–Trinajstić information content (AvgIpc) is 3.35. The molecule has 214 valence electrons. The number of hydrogen-bond acceptors (Lipinski definition) is 7. The van der Waals surface area contributed by atoms with E-state index in [-0.39, 0.29) is 18.2 Å². The standard InChI is InChI=1S/C29H38FN7O3/c1-18(2)28-32-29(40-34-28)35-9-6-20(7-10-35)24-14-21(24)8-13-39-23-5-4-22(25(30)16-23)15-27(38)36-11-12-37-26(17-36)31-19(3)33-37/h4-5,16,18,20-21,24H,6-15,17H2,1-3H3/p+1/t21-,24-/m1/s1. The topological polar surface area (TPSA) is 104 Å². The predicted octanol–water partition coefficient (Wildman–Crippen LogP) is 3.56. The second kappa shape index (κ2) is 11.2. The third-order valence-electron chi connectivity index (χ3n) is 8.65. The Hall–Kier alpha value is -3.50. The summed E-state index contributed by atoms with van der Waals surface area (Å²) in [6, 6.07) is 5.51. The molecule has 0 bridgehead atoms. The van der Waals surface area contributed by atoms with Gasteiger partial charge in [0.2, 0.25) is 11.7 Å². The number of anilines is 1. The minimum absolute atomic E-state index is 0.0312. The lowest BCUT2D eigenvalue weighted by molar-refractivity contribution is -0.763. The Morgan fingerprint density at radius 2 is 2.08 bits per heavy atom. The van der Waals surface area contributed by atoms with Gasteiger partial charge in [0.25, 0.3) is 0 Å². The van der Waals surface area contributed by atoms with Gasteiger partial charge in [-0.05, 0) is 60.1 Å². The highest BCUT2D eigenvalue weighted by molar-refractivity contribution is 5.78.